The molecule has 0 spiro atoms. The molecule has 0 aliphatic carbocycles. The fourth-order valence-corrected chi connectivity index (χ4v) is 1.52. The van der Waals surface area contributed by atoms with Crippen molar-refractivity contribution in [3.05, 3.63) is 48.5 Å². The minimum absolute atomic E-state index is 0.735. The molecule has 2 heteroatoms. The van der Waals surface area contributed by atoms with Crippen molar-refractivity contribution in [1.29, 1.82) is 0 Å². The Hall–Kier alpha value is -1.96. The summed E-state index contributed by atoms with van der Waals surface area (Å²) in [5, 5.41) is 0. The summed E-state index contributed by atoms with van der Waals surface area (Å²) in [6.45, 7) is 0. The molecule has 2 nitrogen and oxygen atoms in total. The third-order valence-corrected chi connectivity index (χ3v) is 2.25. The second kappa shape index (κ2) is 4.05. The van der Waals surface area contributed by atoms with E-state index in [9.17, 15) is 0 Å². The van der Waals surface area contributed by atoms with Gasteiger partial charge >= 0.3 is 0 Å². The molecule has 0 saturated heterocycles. The lowest BCUT2D eigenvalue weighted by atomic mass is 10.0. The molecule has 0 aromatic heterocycles. The summed E-state index contributed by atoms with van der Waals surface area (Å²) in [5.41, 5.74) is 8.58. The van der Waals surface area contributed by atoms with Gasteiger partial charge in [0.1, 0.15) is 5.75 Å². The second-order valence-corrected chi connectivity index (χ2v) is 3.25. The standard InChI is InChI=1S/C13H12NO/c1-15-13-8-7-11(14)9-12(13)10-5-3-2-4-6-10/h3-9H,14H2,1H3. The van der Waals surface area contributed by atoms with Crippen molar-refractivity contribution in [2.24, 2.45) is 0 Å². The minimum atomic E-state index is 0.735. The molecule has 0 bridgehead atoms. The van der Waals surface area contributed by atoms with Gasteiger partial charge < -0.3 is 10.5 Å². The zero-order valence-corrected chi connectivity index (χ0v) is 8.53. The average molecular weight is 198 g/mol. The Kier molecular flexibility index (Phi) is 2.59. The van der Waals surface area contributed by atoms with Crippen LogP contribution < -0.4 is 10.5 Å². The van der Waals surface area contributed by atoms with E-state index in [1.54, 1.807) is 7.11 Å². The zero-order chi connectivity index (χ0) is 10.7. The lowest BCUT2D eigenvalue weighted by Crippen LogP contribution is -1.91. The molecule has 75 valence electrons. The third kappa shape index (κ3) is 1.94. The Morgan fingerprint density at radius 3 is 2.53 bits per heavy atom. The lowest BCUT2D eigenvalue weighted by Gasteiger charge is -2.09. The van der Waals surface area contributed by atoms with E-state index in [4.69, 9.17) is 10.5 Å². The van der Waals surface area contributed by atoms with E-state index in [2.05, 4.69) is 6.07 Å². The number of methoxy groups -OCH3 is 1. The predicted molar refractivity (Wildman–Crippen MR) is 61.7 cm³/mol. The van der Waals surface area contributed by atoms with Crippen LogP contribution in [0.2, 0.25) is 0 Å². The van der Waals surface area contributed by atoms with Gasteiger partial charge in [-0.15, -0.1) is 0 Å². The normalized spacial score (nSPS) is 9.93. The largest absolute Gasteiger partial charge is 0.496 e. The highest BCUT2D eigenvalue weighted by molar-refractivity contribution is 5.73. The van der Waals surface area contributed by atoms with Crippen LogP contribution >= 0.6 is 0 Å². The van der Waals surface area contributed by atoms with Crippen molar-refractivity contribution in [3.63, 3.8) is 0 Å². The summed E-state index contributed by atoms with van der Waals surface area (Å²) in [4.78, 5) is 0. The topological polar surface area (TPSA) is 35.2 Å². The van der Waals surface area contributed by atoms with Gasteiger partial charge in [0.05, 0.1) is 7.11 Å². The Labute approximate surface area is 89.3 Å². The van der Waals surface area contributed by atoms with Gasteiger partial charge in [-0.2, -0.15) is 0 Å². The molecule has 2 N–H and O–H groups in total. The molecular weight excluding hydrogens is 186 g/mol. The van der Waals surface area contributed by atoms with E-state index in [1.807, 2.05) is 42.5 Å². The average Bonchev–Trinajstić information content (AvgIpc) is 2.30. The fraction of sp³-hybridized carbons (Fsp3) is 0.0769. The number of nitrogen functional groups attached to an aromatic ring is 1. The van der Waals surface area contributed by atoms with Crippen LogP contribution in [0.15, 0.2) is 42.5 Å². The second-order valence-electron chi connectivity index (χ2n) is 3.25. The van der Waals surface area contributed by atoms with E-state index in [0.29, 0.717) is 0 Å². The summed E-state index contributed by atoms with van der Waals surface area (Å²) in [6.07, 6.45) is 0. The van der Waals surface area contributed by atoms with Crippen LogP contribution in [0.5, 0.6) is 5.75 Å². The van der Waals surface area contributed by atoms with Crippen LogP contribution in [0, 0.1) is 6.07 Å². The first-order valence-electron chi connectivity index (χ1n) is 4.71. The minimum Gasteiger partial charge on any atom is -0.496 e. The van der Waals surface area contributed by atoms with Crippen LogP contribution in [-0.4, -0.2) is 7.11 Å². The molecule has 2 rings (SSSR count). The van der Waals surface area contributed by atoms with Gasteiger partial charge in [-0.1, -0.05) is 24.3 Å². The molecule has 0 atom stereocenters. The number of nitrogens with two attached hydrogens (primary N) is 1. The van der Waals surface area contributed by atoms with Crippen LogP contribution in [0.1, 0.15) is 0 Å². The van der Waals surface area contributed by atoms with E-state index >= 15 is 0 Å². The number of benzene rings is 2. The van der Waals surface area contributed by atoms with Crippen LogP contribution in [-0.2, 0) is 0 Å². The third-order valence-electron chi connectivity index (χ3n) is 2.25. The molecule has 0 unspecified atom stereocenters. The molecule has 0 aliphatic heterocycles. The summed E-state index contributed by atoms with van der Waals surface area (Å²) >= 11 is 0. The molecule has 0 fully saturated rings. The van der Waals surface area contributed by atoms with Gasteiger partial charge in [0.15, 0.2) is 0 Å². The Bertz CT molecular complexity index is 451. The Morgan fingerprint density at radius 1 is 1.13 bits per heavy atom. The van der Waals surface area contributed by atoms with Crippen LogP contribution in [0.4, 0.5) is 5.69 Å². The molecule has 15 heavy (non-hydrogen) atoms. The SMILES string of the molecule is COc1ccc(N)cc1-c1cc[c]cc1. The highest BCUT2D eigenvalue weighted by Crippen LogP contribution is 2.31. The molecular formula is C13H12NO. The lowest BCUT2D eigenvalue weighted by molar-refractivity contribution is 0.416. The summed E-state index contributed by atoms with van der Waals surface area (Å²) in [6, 6.07) is 16.3. The van der Waals surface area contributed by atoms with Crippen LogP contribution in [0.25, 0.3) is 11.1 Å². The predicted octanol–water partition coefficient (Wildman–Crippen LogP) is 2.74. The van der Waals surface area contributed by atoms with Gasteiger partial charge in [-0.3, -0.25) is 0 Å². The van der Waals surface area contributed by atoms with E-state index in [0.717, 1.165) is 22.6 Å². The highest BCUT2D eigenvalue weighted by Gasteiger charge is 2.04. The van der Waals surface area contributed by atoms with Crippen molar-refractivity contribution in [2.45, 2.75) is 0 Å². The Balaban J connectivity index is 2.56. The van der Waals surface area contributed by atoms with E-state index < -0.39 is 0 Å². The summed E-state index contributed by atoms with van der Waals surface area (Å²) in [5.74, 6) is 0.829. The molecule has 2 aromatic carbocycles. The van der Waals surface area contributed by atoms with Crippen molar-refractivity contribution in [1.82, 2.24) is 0 Å². The summed E-state index contributed by atoms with van der Waals surface area (Å²) in [7, 11) is 1.66. The summed E-state index contributed by atoms with van der Waals surface area (Å²) < 4.78 is 5.29. The first-order valence-corrected chi connectivity index (χ1v) is 4.71. The van der Waals surface area contributed by atoms with Crippen molar-refractivity contribution >= 4 is 5.69 Å². The highest BCUT2D eigenvalue weighted by atomic mass is 16.5. The first-order chi connectivity index (χ1) is 7.31. The maximum atomic E-state index is 5.76. The molecule has 0 heterocycles. The molecule has 2 aromatic rings. The monoisotopic (exact) mass is 198 g/mol. The number of hydrogen-bond acceptors (Lipinski definition) is 2. The van der Waals surface area contributed by atoms with Crippen LogP contribution in [0.3, 0.4) is 0 Å². The van der Waals surface area contributed by atoms with Crippen molar-refractivity contribution in [2.75, 3.05) is 12.8 Å². The van der Waals surface area contributed by atoms with E-state index in [-0.39, 0.29) is 0 Å². The van der Waals surface area contributed by atoms with E-state index in [1.165, 1.54) is 0 Å². The number of ether oxygens (including phenoxy) is 1. The zero-order valence-electron chi connectivity index (χ0n) is 8.53. The quantitative estimate of drug-likeness (QED) is 0.753. The van der Waals surface area contributed by atoms with Crippen molar-refractivity contribution < 1.29 is 4.74 Å². The fourth-order valence-electron chi connectivity index (χ4n) is 1.52. The van der Waals surface area contributed by atoms with Gasteiger partial charge in [-0.25, -0.2) is 0 Å². The Morgan fingerprint density at radius 2 is 1.87 bits per heavy atom. The molecule has 0 aliphatic rings. The first kappa shape index (κ1) is 9.59. The van der Waals surface area contributed by atoms with Gasteiger partial charge in [0.2, 0.25) is 0 Å². The van der Waals surface area contributed by atoms with Crippen molar-refractivity contribution in [3.8, 4) is 16.9 Å². The molecule has 0 saturated carbocycles. The van der Waals surface area contributed by atoms with Gasteiger partial charge in [0.25, 0.3) is 0 Å². The number of rotatable bonds is 2. The molecule has 0 amide bonds. The maximum absolute atomic E-state index is 5.76. The van der Waals surface area contributed by atoms with Gasteiger partial charge in [-0.05, 0) is 29.8 Å². The maximum Gasteiger partial charge on any atom is 0.126 e. The smallest absolute Gasteiger partial charge is 0.126 e. The number of anilines is 1. The van der Waals surface area contributed by atoms with Gasteiger partial charge in [0, 0.05) is 11.3 Å². The molecule has 1 radical (unpaired) electrons. The number of hydrogen-bond donors (Lipinski definition) is 1.